The molecule has 26 heavy (non-hydrogen) atoms. The summed E-state index contributed by atoms with van der Waals surface area (Å²) in [4.78, 5) is 29.0. The topological polar surface area (TPSA) is 84.2 Å². The summed E-state index contributed by atoms with van der Waals surface area (Å²) in [6, 6.07) is 12.2. The molecule has 0 aliphatic heterocycles. The van der Waals surface area contributed by atoms with Gasteiger partial charge < -0.3 is 15.1 Å². The van der Waals surface area contributed by atoms with Crippen LogP contribution in [-0.4, -0.2) is 16.8 Å². The van der Waals surface area contributed by atoms with Crippen LogP contribution in [0.4, 0.5) is 5.69 Å². The average molecular weight is 349 g/mol. The Morgan fingerprint density at radius 1 is 1.04 bits per heavy atom. The van der Waals surface area contributed by atoms with E-state index in [9.17, 15) is 9.59 Å². The van der Waals surface area contributed by atoms with E-state index in [0.717, 1.165) is 5.56 Å². The maximum Gasteiger partial charge on any atom is 0.259 e. The van der Waals surface area contributed by atoms with Crippen molar-refractivity contribution in [2.45, 2.75) is 20.4 Å². The van der Waals surface area contributed by atoms with Crippen LogP contribution in [-0.2, 0) is 6.54 Å². The van der Waals surface area contributed by atoms with Crippen molar-refractivity contribution in [1.29, 1.82) is 0 Å². The van der Waals surface area contributed by atoms with Crippen molar-refractivity contribution >= 4 is 17.5 Å². The van der Waals surface area contributed by atoms with E-state index in [1.54, 1.807) is 56.6 Å². The van der Waals surface area contributed by atoms with Crippen molar-refractivity contribution in [2.24, 2.45) is 0 Å². The van der Waals surface area contributed by atoms with Gasteiger partial charge in [-0.3, -0.25) is 14.6 Å². The Hall–Kier alpha value is -3.41. The number of carbonyl (C=O) groups excluding carboxylic acids is 2. The number of nitrogens with zero attached hydrogens (tertiary/aromatic N) is 1. The molecule has 1 aromatic carbocycles. The highest BCUT2D eigenvalue weighted by atomic mass is 16.3. The highest BCUT2D eigenvalue weighted by molar-refractivity contribution is 6.09. The van der Waals surface area contributed by atoms with E-state index in [4.69, 9.17) is 4.42 Å². The van der Waals surface area contributed by atoms with E-state index in [0.29, 0.717) is 34.9 Å². The lowest BCUT2D eigenvalue weighted by Gasteiger charge is -2.11. The summed E-state index contributed by atoms with van der Waals surface area (Å²) in [6.07, 6.45) is 3.37. The smallest absolute Gasteiger partial charge is 0.259 e. The zero-order valence-electron chi connectivity index (χ0n) is 14.6. The summed E-state index contributed by atoms with van der Waals surface area (Å²) in [6.45, 7) is 3.87. The van der Waals surface area contributed by atoms with E-state index >= 15 is 0 Å². The first kappa shape index (κ1) is 17.4. The van der Waals surface area contributed by atoms with Gasteiger partial charge in [0, 0.05) is 18.9 Å². The zero-order valence-corrected chi connectivity index (χ0v) is 14.6. The highest BCUT2D eigenvalue weighted by Crippen LogP contribution is 2.19. The quantitative estimate of drug-likeness (QED) is 0.739. The maximum atomic E-state index is 12.5. The molecule has 3 aromatic rings. The first-order chi connectivity index (χ1) is 12.5. The molecular weight excluding hydrogens is 330 g/mol. The first-order valence-electron chi connectivity index (χ1n) is 8.19. The zero-order chi connectivity index (χ0) is 18.5. The van der Waals surface area contributed by atoms with Gasteiger partial charge in [-0.15, -0.1) is 0 Å². The fraction of sp³-hybridized carbons (Fsp3) is 0.150. The van der Waals surface area contributed by atoms with Crippen LogP contribution in [0, 0.1) is 13.8 Å². The molecule has 0 saturated carbocycles. The molecule has 2 heterocycles. The number of anilines is 1. The Labute approximate surface area is 151 Å². The number of aromatic nitrogens is 1. The number of benzene rings is 1. The van der Waals surface area contributed by atoms with E-state index in [-0.39, 0.29) is 11.8 Å². The fourth-order valence-electron chi connectivity index (χ4n) is 2.62. The Morgan fingerprint density at radius 3 is 2.54 bits per heavy atom. The van der Waals surface area contributed by atoms with Crippen molar-refractivity contribution in [1.82, 2.24) is 10.3 Å². The minimum absolute atomic E-state index is 0.273. The third-order valence-electron chi connectivity index (χ3n) is 3.88. The average Bonchev–Trinajstić information content (AvgIpc) is 2.99. The number of hydrogen-bond donors (Lipinski definition) is 2. The van der Waals surface area contributed by atoms with Crippen molar-refractivity contribution < 1.29 is 14.0 Å². The van der Waals surface area contributed by atoms with Crippen molar-refractivity contribution in [2.75, 3.05) is 5.32 Å². The van der Waals surface area contributed by atoms with Gasteiger partial charge in [-0.25, -0.2) is 0 Å². The number of furan rings is 1. The molecule has 6 nitrogen and oxygen atoms in total. The molecule has 0 saturated heterocycles. The molecule has 3 rings (SSSR count). The second kappa shape index (κ2) is 7.65. The molecule has 0 spiro atoms. The monoisotopic (exact) mass is 349 g/mol. The molecule has 2 N–H and O–H groups in total. The van der Waals surface area contributed by atoms with E-state index < -0.39 is 0 Å². The van der Waals surface area contributed by atoms with E-state index in [1.807, 2.05) is 12.1 Å². The maximum absolute atomic E-state index is 12.5. The molecule has 0 fully saturated rings. The van der Waals surface area contributed by atoms with Gasteiger partial charge in [0.1, 0.15) is 11.5 Å². The summed E-state index contributed by atoms with van der Waals surface area (Å²) < 4.78 is 5.39. The Bertz CT molecular complexity index is 932. The van der Waals surface area contributed by atoms with Crippen LogP contribution in [0.1, 0.15) is 37.8 Å². The molecule has 2 amide bonds. The van der Waals surface area contributed by atoms with Crippen LogP contribution >= 0.6 is 0 Å². The van der Waals surface area contributed by atoms with Crippen LogP contribution < -0.4 is 10.6 Å². The molecular formula is C20H19N3O3. The van der Waals surface area contributed by atoms with E-state index in [1.165, 1.54) is 0 Å². The summed E-state index contributed by atoms with van der Waals surface area (Å²) >= 11 is 0. The molecule has 0 radical (unpaired) electrons. The Morgan fingerprint density at radius 2 is 1.85 bits per heavy atom. The number of carbonyl (C=O) groups is 2. The van der Waals surface area contributed by atoms with Gasteiger partial charge in [0.05, 0.1) is 16.8 Å². The lowest BCUT2D eigenvalue weighted by molar-refractivity contribution is 0.0951. The SMILES string of the molecule is Cc1cc(C(=O)Nc2ccccc2C(=O)NCc2cccnc2)c(C)o1. The number of nitrogens with one attached hydrogen (secondary N) is 2. The lowest BCUT2D eigenvalue weighted by Crippen LogP contribution is -2.25. The Kier molecular flexibility index (Phi) is 5.12. The molecule has 2 aromatic heterocycles. The van der Waals surface area contributed by atoms with Crippen molar-refractivity contribution in [3.05, 3.63) is 83.1 Å². The number of amides is 2. The number of hydrogen-bond acceptors (Lipinski definition) is 4. The summed E-state index contributed by atoms with van der Waals surface area (Å²) in [5, 5.41) is 5.62. The Balaban J connectivity index is 1.74. The summed E-state index contributed by atoms with van der Waals surface area (Å²) in [5.41, 5.74) is 2.18. The second-order valence-electron chi connectivity index (χ2n) is 5.87. The normalized spacial score (nSPS) is 10.4. The van der Waals surface area contributed by atoms with Gasteiger partial charge in [-0.1, -0.05) is 18.2 Å². The molecule has 6 heteroatoms. The van der Waals surface area contributed by atoms with Crippen LogP contribution in [0.3, 0.4) is 0 Å². The molecule has 0 atom stereocenters. The lowest BCUT2D eigenvalue weighted by atomic mass is 10.1. The van der Waals surface area contributed by atoms with E-state index in [2.05, 4.69) is 15.6 Å². The number of aryl methyl sites for hydroxylation is 2. The predicted octanol–water partition coefficient (Wildman–Crippen LogP) is 3.47. The fourth-order valence-corrected chi connectivity index (χ4v) is 2.62. The summed E-state index contributed by atoms with van der Waals surface area (Å²) in [5.74, 6) is 0.616. The van der Waals surface area contributed by atoms with Gasteiger partial charge in [0.25, 0.3) is 11.8 Å². The van der Waals surface area contributed by atoms with Gasteiger partial charge >= 0.3 is 0 Å². The van der Waals surface area contributed by atoms with Gasteiger partial charge in [0.2, 0.25) is 0 Å². The van der Waals surface area contributed by atoms with Crippen LogP contribution in [0.25, 0.3) is 0 Å². The summed E-state index contributed by atoms with van der Waals surface area (Å²) in [7, 11) is 0. The van der Waals surface area contributed by atoms with Crippen LogP contribution in [0.15, 0.2) is 59.3 Å². The van der Waals surface area contributed by atoms with Gasteiger partial charge in [-0.05, 0) is 43.7 Å². The standard InChI is InChI=1S/C20H19N3O3/c1-13-10-17(14(2)26-13)20(25)23-18-8-4-3-7-16(18)19(24)22-12-15-6-5-9-21-11-15/h3-11H,12H2,1-2H3,(H,22,24)(H,23,25). The number of pyridine rings is 1. The van der Waals surface area contributed by atoms with Gasteiger partial charge in [0.15, 0.2) is 0 Å². The second-order valence-corrected chi connectivity index (χ2v) is 5.87. The molecule has 0 bridgehead atoms. The number of para-hydroxylation sites is 1. The van der Waals surface area contributed by atoms with Gasteiger partial charge in [-0.2, -0.15) is 0 Å². The molecule has 0 unspecified atom stereocenters. The third kappa shape index (κ3) is 3.97. The minimum atomic E-state index is -0.313. The number of rotatable bonds is 5. The largest absolute Gasteiger partial charge is 0.466 e. The first-order valence-corrected chi connectivity index (χ1v) is 8.19. The van der Waals surface area contributed by atoms with Crippen LogP contribution in [0.2, 0.25) is 0 Å². The van der Waals surface area contributed by atoms with Crippen molar-refractivity contribution in [3.63, 3.8) is 0 Å². The van der Waals surface area contributed by atoms with Crippen LogP contribution in [0.5, 0.6) is 0 Å². The third-order valence-corrected chi connectivity index (χ3v) is 3.88. The molecule has 0 aliphatic carbocycles. The minimum Gasteiger partial charge on any atom is -0.466 e. The molecule has 132 valence electrons. The van der Waals surface area contributed by atoms with Crippen molar-refractivity contribution in [3.8, 4) is 0 Å². The predicted molar refractivity (Wildman–Crippen MR) is 98.0 cm³/mol. The molecule has 0 aliphatic rings. The highest BCUT2D eigenvalue weighted by Gasteiger charge is 2.17.